The Morgan fingerprint density at radius 3 is 2.74 bits per heavy atom. The van der Waals surface area contributed by atoms with Crippen LogP contribution in [0.15, 0.2) is 24.3 Å². The molecule has 0 amide bonds. The maximum absolute atomic E-state index is 6.24. The van der Waals surface area contributed by atoms with Crippen LogP contribution in [0.25, 0.3) is 0 Å². The van der Waals surface area contributed by atoms with Gasteiger partial charge in [0.1, 0.15) is 0 Å². The average molecular weight is 299 g/mol. The minimum Gasteiger partial charge on any atom is -0.271 e. The lowest BCUT2D eigenvalue weighted by Gasteiger charge is -2.19. The summed E-state index contributed by atoms with van der Waals surface area (Å²) in [7, 11) is 0. The average Bonchev–Trinajstić information content (AvgIpc) is 2.76. The first kappa shape index (κ1) is 14.3. The molecule has 6 heteroatoms. The molecule has 4 nitrogen and oxygen atoms in total. The Morgan fingerprint density at radius 2 is 2.11 bits per heavy atom. The molecule has 1 atom stereocenters. The van der Waals surface area contributed by atoms with Gasteiger partial charge in [-0.05, 0) is 43.7 Å². The fraction of sp³-hybridized carbons (Fsp3) is 0.308. The maximum Gasteiger partial charge on any atom is 0.0893 e. The number of nitrogens with zero attached hydrogens (tertiary/aromatic N) is 2. The molecule has 0 radical (unpaired) electrons. The lowest BCUT2D eigenvalue weighted by atomic mass is 10.0. The second-order valence-electron chi connectivity index (χ2n) is 4.29. The number of hydrazine groups is 1. The molecule has 102 valence electrons. The first-order chi connectivity index (χ1) is 9.06. The topological polar surface area (TPSA) is 55.9 Å². The van der Waals surface area contributed by atoms with E-state index in [1.165, 1.54) is 0 Å². The number of aryl methyl sites for hydroxylation is 2. The van der Waals surface area contributed by atoms with E-state index in [2.05, 4.69) is 10.5 Å². The van der Waals surface area contributed by atoms with Crippen molar-refractivity contribution >= 4 is 23.2 Å². The Bertz CT molecular complexity index is 580. The summed E-state index contributed by atoms with van der Waals surface area (Å²) in [5.41, 5.74) is 5.53. The Balaban J connectivity index is 2.52. The van der Waals surface area contributed by atoms with Crippen LogP contribution < -0.4 is 11.3 Å². The van der Waals surface area contributed by atoms with E-state index in [1.807, 2.05) is 30.7 Å². The molecule has 1 aromatic heterocycles. The SMILES string of the molecule is CCn1nc(C)cc1C(NN)c1cc(Cl)ccc1Cl. The van der Waals surface area contributed by atoms with Gasteiger partial charge in [-0.3, -0.25) is 10.5 Å². The van der Waals surface area contributed by atoms with E-state index in [4.69, 9.17) is 29.0 Å². The summed E-state index contributed by atoms with van der Waals surface area (Å²) in [4.78, 5) is 0. The number of halogens is 2. The van der Waals surface area contributed by atoms with Crippen LogP contribution in [-0.2, 0) is 6.54 Å². The van der Waals surface area contributed by atoms with Crippen LogP contribution in [0.1, 0.15) is 29.9 Å². The highest BCUT2D eigenvalue weighted by Crippen LogP contribution is 2.30. The molecule has 0 bridgehead atoms. The van der Waals surface area contributed by atoms with E-state index in [-0.39, 0.29) is 6.04 Å². The molecule has 2 rings (SSSR count). The second-order valence-corrected chi connectivity index (χ2v) is 5.14. The molecule has 0 spiro atoms. The van der Waals surface area contributed by atoms with Gasteiger partial charge in [0.05, 0.1) is 17.4 Å². The Hall–Kier alpha value is -1.07. The summed E-state index contributed by atoms with van der Waals surface area (Å²) in [6, 6.07) is 7.08. The Morgan fingerprint density at radius 1 is 1.37 bits per heavy atom. The van der Waals surface area contributed by atoms with E-state index in [0.29, 0.717) is 10.0 Å². The quantitative estimate of drug-likeness (QED) is 0.674. The molecule has 0 aliphatic heterocycles. The standard InChI is InChI=1S/C13H16Cl2N4/c1-3-19-12(6-8(2)18-19)13(17-16)10-7-9(14)4-5-11(10)15/h4-7,13,17H,3,16H2,1-2H3. The smallest absolute Gasteiger partial charge is 0.0893 e. The molecule has 0 fully saturated rings. The van der Waals surface area contributed by atoms with Crippen LogP contribution in [-0.4, -0.2) is 9.78 Å². The summed E-state index contributed by atoms with van der Waals surface area (Å²) >= 11 is 12.3. The predicted octanol–water partition coefficient (Wildman–Crippen LogP) is 3.07. The molecule has 0 aliphatic carbocycles. The highest BCUT2D eigenvalue weighted by Gasteiger charge is 2.20. The zero-order chi connectivity index (χ0) is 14.0. The third-order valence-electron chi connectivity index (χ3n) is 2.96. The zero-order valence-electron chi connectivity index (χ0n) is 10.8. The largest absolute Gasteiger partial charge is 0.271 e. The minimum absolute atomic E-state index is 0.243. The number of hydrogen-bond donors (Lipinski definition) is 2. The van der Waals surface area contributed by atoms with Gasteiger partial charge >= 0.3 is 0 Å². The van der Waals surface area contributed by atoms with Crippen molar-refractivity contribution < 1.29 is 0 Å². The molecule has 1 heterocycles. The van der Waals surface area contributed by atoms with Crippen LogP contribution in [0.5, 0.6) is 0 Å². The van der Waals surface area contributed by atoms with Gasteiger partial charge < -0.3 is 0 Å². The lowest BCUT2D eigenvalue weighted by Crippen LogP contribution is -2.31. The maximum atomic E-state index is 6.24. The second kappa shape index (κ2) is 5.92. The van der Waals surface area contributed by atoms with E-state index < -0.39 is 0 Å². The molecule has 0 saturated carbocycles. The lowest BCUT2D eigenvalue weighted by molar-refractivity contribution is 0.542. The minimum atomic E-state index is -0.243. The zero-order valence-corrected chi connectivity index (χ0v) is 12.3. The highest BCUT2D eigenvalue weighted by atomic mass is 35.5. The van der Waals surface area contributed by atoms with Crippen LogP contribution >= 0.6 is 23.2 Å². The first-order valence-electron chi connectivity index (χ1n) is 6.02. The van der Waals surface area contributed by atoms with Crippen LogP contribution in [0.2, 0.25) is 10.0 Å². The number of nitrogens with one attached hydrogen (secondary N) is 1. The van der Waals surface area contributed by atoms with Gasteiger partial charge in [-0.25, -0.2) is 5.43 Å². The molecule has 0 aliphatic rings. The van der Waals surface area contributed by atoms with Gasteiger partial charge in [0.25, 0.3) is 0 Å². The molecular formula is C13H16Cl2N4. The molecule has 2 aromatic rings. The van der Waals surface area contributed by atoms with Crippen molar-refractivity contribution in [3.63, 3.8) is 0 Å². The molecule has 3 N–H and O–H groups in total. The summed E-state index contributed by atoms with van der Waals surface area (Å²) in [6.45, 7) is 4.74. The van der Waals surface area contributed by atoms with Crippen molar-refractivity contribution in [3.05, 3.63) is 51.3 Å². The van der Waals surface area contributed by atoms with E-state index in [1.54, 1.807) is 12.1 Å². The molecular weight excluding hydrogens is 283 g/mol. The molecule has 1 unspecified atom stereocenters. The summed E-state index contributed by atoms with van der Waals surface area (Å²) in [5, 5.41) is 5.66. The Labute approximate surface area is 122 Å². The number of nitrogens with two attached hydrogens (primary N) is 1. The number of aromatic nitrogens is 2. The van der Waals surface area contributed by atoms with Gasteiger partial charge in [-0.1, -0.05) is 23.2 Å². The van der Waals surface area contributed by atoms with Crippen LogP contribution in [0, 0.1) is 6.92 Å². The van der Waals surface area contributed by atoms with Gasteiger partial charge in [0.2, 0.25) is 0 Å². The number of rotatable bonds is 4. The van der Waals surface area contributed by atoms with Crippen molar-refractivity contribution in [2.24, 2.45) is 5.84 Å². The number of hydrogen-bond acceptors (Lipinski definition) is 3. The summed E-state index contributed by atoms with van der Waals surface area (Å²) in [5.74, 6) is 5.70. The fourth-order valence-electron chi connectivity index (χ4n) is 2.12. The van der Waals surface area contributed by atoms with Crippen molar-refractivity contribution in [1.29, 1.82) is 0 Å². The predicted molar refractivity (Wildman–Crippen MR) is 78.3 cm³/mol. The normalized spacial score (nSPS) is 12.7. The third kappa shape index (κ3) is 2.92. The first-order valence-corrected chi connectivity index (χ1v) is 6.77. The summed E-state index contributed by atoms with van der Waals surface area (Å²) in [6.07, 6.45) is 0. The van der Waals surface area contributed by atoms with E-state index in [9.17, 15) is 0 Å². The summed E-state index contributed by atoms with van der Waals surface area (Å²) < 4.78 is 1.90. The Kier molecular flexibility index (Phi) is 4.47. The van der Waals surface area contributed by atoms with Crippen LogP contribution in [0.3, 0.4) is 0 Å². The number of benzene rings is 1. The van der Waals surface area contributed by atoms with E-state index in [0.717, 1.165) is 23.5 Å². The third-order valence-corrected chi connectivity index (χ3v) is 3.54. The van der Waals surface area contributed by atoms with Gasteiger partial charge in [0, 0.05) is 16.6 Å². The van der Waals surface area contributed by atoms with Gasteiger partial charge in [-0.2, -0.15) is 5.10 Å². The monoisotopic (exact) mass is 298 g/mol. The van der Waals surface area contributed by atoms with Gasteiger partial charge in [0.15, 0.2) is 0 Å². The fourth-order valence-corrected chi connectivity index (χ4v) is 2.53. The molecule has 19 heavy (non-hydrogen) atoms. The van der Waals surface area contributed by atoms with Crippen molar-refractivity contribution in [2.45, 2.75) is 26.4 Å². The van der Waals surface area contributed by atoms with Crippen molar-refractivity contribution in [1.82, 2.24) is 15.2 Å². The highest BCUT2D eigenvalue weighted by molar-refractivity contribution is 6.33. The van der Waals surface area contributed by atoms with Crippen molar-refractivity contribution in [2.75, 3.05) is 0 Å². The van der Waals surface area contributed by atoms with Gasteiger partial charge in [-0.15, -0.1) is 0 Å². The molecule has 1 aromatic carbocycles. The molecule has 0 saturated heterocycles. The van der Waals surface area contributed by atoms with E-state index >= 15 is 0 Å². The van der Waals surface area contributed by atoms with Crippen LogP contribution in [0.4, 0.5) is 0 Å². The van der Waals surface area contributed by atoms with Crippen molar-refractivity contribution in [3.8, 4) is 0 Å².